The SMILES string of the molecule is COc1ccc(NC(N)=NCC2C3Cc4ccccc4C23)cc1.I. The largest absolute Gasteiger partial charge is 0.497 e. The van der Waals surface area contributed by atoms with Crippen LogP contribution in [-0.2, 0) is 6.42 Å². The van der Waals surface area contributed by atoms with E-state index in [1.54, 1.807) is 7.11 Å². The molecule has 2 aromatic carbocycles. The number of ether oxygens (including phenoxy) is 1. The molecule has 0 saturated heterocycles. The molecule has 2 aliphatic rings. The number of benzene rings is 2. The van der Waals surface area contributed by atoms with Crippen LogP contribution in [0.5, 0.6) is 5.75 Å². The third-order valence-corrected chi connectivity index (χ3v) is 5.04. The summed E-state index contributed by atoms with van der Waals surface area (Å²) in [4.78, 5) is 4.53. The quantitative estimate of drug-likeness (QED) is 0.438. The van der Waals surface area contributed by atoms with Crippen molar-refractivity contribution in [1.82, 2.24) is 0 Å². The highest BCUT2D eigenvalue weighted by molar-refractivity contribution is 14.0. The van der Waals surface area contributed by atoms with Crippen LogP contribution in [0.1, 0.15) is 17.0 Å². The first-order valence-corrected chi connectivity index (χ1v) is 8.05. The molecule has 2 aromatic rings. The number of anilines is 1. The van der Waals surface area contributed by atoms with E-state index in [2.05, 4.69) is 34.6 Å². The minimum Gasteiger partial charge on any atom is -0.497 e. The number of fused-ring (bicyclic) bond motifs is 3. The summed E-state index contributed by atoms with van der Waals surface area (Å²) < 4.78 is 5.14. The minimum atomic E-state index is 0. The molecule has 0 aliphatic heterocycles. The first-order valence-electron chi connectivity index (χ1n) is 8.05. The van der Waals surface area contributed by atoms with Crippen LogP contribution in [0.2, 0.25) is 0 Å². The van der Waals surface area contributed by atoms with Crippen LogP contribution >= 0.6 is 24.0 Å². The van der Waals surface area contributed by atoms with Crippen molar-refractivity contribution in [3.8, 4) is 5.75 Å². The fourth-order valence-electron chi connectivity index (χ4n) is 3.80. The monoisotopic (exact) mass is 435 g/mol. The number of guanidine groups is 1. The zero-order chi connectivity index (χ0) is 15.8. The Kier molecular flexibility index (Phi) is 4.99. The lowest BCUT2D eigenvalue weighted by molar-refractivity contribution is 0.415. The van der Waals surface area contributed by atoms with Crippen LogP contribution in [0, 0.1) is 11.8 Å². The molecule has 0 amide bonds. The van der Waals surface area contributed by atoms with E-state index in [0.29, 0.717) is 17.8 Å². The van der Waals surface area contributed by atoms with Crippen LogP contribution in [-0.4, -0.2) is 19.6 Å². The van der Waals surface area contributed by atoms with Crippen LogP contribution < -0.4 is 15.8 Å². The average Bonchev–Trinajstić information content (AvgIpc) is 3.12. The van der Waals surface area contributed by atoms with Gasteiger partial charge in [-0.25, -0.2) is 0 Å². The van der Waals surface area contributed by atoms with Gasteiger partial charge in [0.15, 0.2) is 5.96 Å². The number of nitrogens with one attached hydrogen (secondary N) is 1. The van der Waals surface area contributed by atoms with E-state index in [0.717, 1.165) is 23.9 Å². The second-order valence-corrected chi connectivity index (χ2v) is 6.34. The molecule has 0 bridgehead atoms. The summed E-state index contributed by atoms with van der Waals surface area (Å²) in [6.07, 6.45) is 1.20. The molecule has 3 unspecified atom stereocenters. The summed E-state index contributed by atoms with van der Waals surface area (Å²) in [6.45, 7) is 0.804. The van der Waals surface area contributed by atoms with Gasteiger partial charge in [0.2, 0.25) is 0 Å². The maximum Gasteiger partial charge on any atom is 0.193 e. The van der Waals surface area contributed by atoms with Gasteiger partial charge in [-0.15, -0.1) is 24.0 Å². The van der Waals surface area contributed by atoms with Crippen LogP contribution in [0.4, 0.5) is 5.69 Å². The normalized spacial score (nSPS) is 23.7. The van der Waals surface area contributed by atoms with Gasteiger partial charge in [0.1, 0.15) is 5.75 Å². The first-order chi connectivity index (χ1) is 11.3. The summed E-state index contributed by atoms with van der Waals surface area (Å²) in [7, 11) is 1.66. The van der Waals surface area contributed by atoms with Gasteiger partial charge in [0.05, 0.1) is 7.11 Å². The van der Waals surface area contributed by atoms with Crippen molar-refractivity contribution in [2.45, 2.75) is 12.3 Å². The molecule has 24 heavy (non-hydrogen) atoms. The van der Waals surface area contributed by atoms with Crippen molar-refractivity contribution in [3.05, 3.63) is 59.7 Å². The highest BCUT2D eigenvalue weighted by atomic mass is 127. The lowest BCUT2D eigenvalue weighted by Gasteiger charge is -2.08. The summed E-state index contributed by atoms with van der Waals surface area (Å²) in [6, 6.07) is 16.5. The van der Waals surface area contributed by atoms with Gasteiger partial charge in [-0.2, -0.15) is 0 Å². The third kappa shape index (κ3) is 3.22. The summed E-state index contributed by atoms with van der Waals surface area (Å²) in [5, 5.41) is 3.13. The fraction of sp³-hybridized carbons (Fsp3) is 0.316. The van der Waals surface area contributed by atoms with Crippen molar-refractivity contribution in [3.63, 3.8) is 0 Å². The molecule has 0 radical (unpaired) electrons. The predicted molar refractivity (Wildman–Crippen MR) is 108 cm³/mol. The van der Waals surface area contributed by atoms with Gasteiger partial charge in [0.25, 0.3) is 0 Å². The van der Waals surface area contributed by atoms with Gasteiger partial charge in [0, 0.05) is 12.2 Å². The number of methoxy groups -OCH3 is 1. The predicted octanol–water partition coefficient (Wildman–Crippen LogP) is 3.63. The van der Waals surface area contributed by atoms with Gasteiger partial charge in [-0.3, -0.25) is 4.99 Å². The van der Waals surface area contributed by atoms with Crippen molar-refractivity contribution < 1.29 is 4.74 Å². The molecule has 4 nitrogen and oxygen atoms in total. The molecule has 126 valence electrons. The standard InChI is InChI=1S/C19H21N3O.HI/c1-23-14-8-6-13(7-9-14)22-19(20)21-11-17-16-10-12-4-2-3-5-15(12)18(16)17;/h2-9,16-18H,10-11H2,1H3,(H3,20,21,22);1H. The Morgan fingerprint density at radius 3 is 2.71 bits per heavy atom. The Balaban J connectivity index is 0.00000169. The summed E-state index contributed by atoms with van der Waals surface area (Å²) in [5.41, 5.74) is 9.98. The molecule has 4 rings (SSSR count). The number of nitrogens with two attached hydrogens (primary N) is 1. The molecule has 1 saturated carbocycles. The fourth-order valence-corrected chi connectivity index (χ4v) is 3.80. The molecule has 3 atom stereocenters. The van der Waals surface area contributed by atoms with Gasteiger partial charge in [-0.05, 0) is 59.6 Å². The van der Waals surface area contributed by atoms with Gasteiger partial charge in [-0.1, -0.05) is 24.3 Å². The zero-order valence-electron chi connectivity index (χ0n) is 13.6. The van der Waals surface area contributed by atoms with E-state index in [4.69, 9.17) is 10.5 Å². The molecule has 0 aromatic heterocycles. The topological polar surface area (TPSA) is 59.6 Å². The summed E-state index contributed by atoms with van der Waals surface area (Å²) in [5.74, 6) is 3.43. The molecule has 1 fully saturated rings. The Bertz CT molecular complexity index is 745. The van der Waals surface area contributed by atoms with Crippen LogP contribution in [0.3, 0.4) is 0 Å². The number of nitrogens with zero attached hydrogens (tertiary/aromatic N) is 1. The Morgan fingerprint density at radius 2 is 1.96 bits per heavy atom. The second kappa shape index (κ2) is 7.01. The Hall–Kier alpha value is -1.76. The van der Waals surface area contributed by atoms with Crippen molar-refractivity contribution in [2.75, 3.05) is 19.0 Å². The minimum absolute atomic E-state index is 0. The lowest BCUT2D eigenvalue weighted by atomic mass is 10.0. The number of rotatable bonds is 4. The highest BCUT2D eigenvalue weighted by Crippen LogP contribution is 2.61. The highest BCUT2D eigenvalue weighted by Gasteiger charge is 2.54. The number of halogens is 1. The molecule has 0 heterocycles. The van der Waals surface area contributed by atoms with Crippen molar-refractivity contribution >= 4 is 35.6 Å². The lowest BCUT2D eigenvalue weighted by Crippen LogP contribution is -2.23. The smallest absolute Gasteiger partial charge is 0.193 e. The van der Waals surface area contributed by atoms with Gasteiger partial charge < -0.3 is 15.8 Å². The van der Waals surface area contributed by atoms with E-state index >= 15 is 0 Å². The zero-order valence-corrected chi connectivity index (χ0v) is 15.9. The molecule has 5 heteroatoms. The molecule has 3 N–H and O–H groups in total. The van der Waals surface area contributed by atoms with Crippen molar-refractivity contribution in [1.29, 1.82) is 0 Å². The maximum absolute atomic E-state index is 6.00. The van der Waals surface area contributed by atoms with Gasteiger partial charge >= 0.3 is 0 Å². The number of hydrogen-bond donors (Lipinski definition) is 2. The van der Waals surface area contributed by atoms with Crippen LogP contribution in [0.25, 0.3) is 0 Å². The molecule has 0 spiro atoms. The average molecular weight is 435 g/mol. The first kappa shape index (κ1) is 17.1. The Labute approximate surface area is 159 Å². The van der Waals surface area contributed by atoms with E-state index in [9.17, 15) is 0 Å². The van der Waals surface area contributed by atoms with E-state index in [1.807, 2.05) is 24.3 Å². The number of hydrogen-bond acceptors (Lipinski definition) is 2. The number of aliphatic imine (C=N–C) groups is 1. The molecule has 2 aliphatic carbocycles. The van der Waals surface area contributed by atoms with E-state index in [1.165, 1.54) is 17.5 Å². The van der Waals surface area contributed by atoms with Crippen molar-refractivity contribution in [2.24, 2.45) is 22.6 Å². The van der Waals surface area contributed by atoms with E-state index in [-0.39, 0.29) is 24.0 Å². The molecular weight excluding hydrogens is 413 g/mol. The Morgan fingerprint density at radius 1 is 1.21 bits per heavy atom. The van der Waals surface area contributed by atoms with E-state index < -0.39 is 0 Å². The maximum atomic E-state index is 6.00. The second-order valence-electron chi connectivity index (χ2n) is 6.34. The summed E-state index contributed by atoms with van der Waals surface area (Å²) >= 11 is 0. The third-order valence-electron chi connectivity index (χ3n) is 5.04. The molecular formula is C19H22IN3O. The van der Waals surface area contributed by atoms with Crippen LogP contribution in [0.15, 0.2) is 53.5 Å².